The monoisotopic (exact) mass is 296 g/mol. The van der Waals surface area contributed by atoms with Crippen LogP contribution in [0, 0.1) is 0 Å². The predicted octanol–water partition coefficient (Wildman–Crippen LogP) is 4.08. The van der Waals surface area contributed by atoms with E-state index in [1.807, 2.05) is 0 Å². The third kappa shape index (κ3) is 5.03. The highest BCUT2D eigenvalue weighted by atomic mass is 35.5. The molecule has 1 aromatic carbocycles. The number of ether oxygens (including phenoxy) is 1. The van der Waals surface area contributed by atoms with E-state index < -0.39 is 17.7 Å². The molecule has 0 aliphatic rings. The van der Waals surface area contributed by atoms with Gasteiger partial charge >= 0.3 is 6.09 Å². The number of carbonyl (C=O) groups is 1. The van der Waals surface area contributed by atoms with Crippen molar-refractivity contribution in [2.45, 2.75) is 39.3 Å². The fraction of sp³-hybridized carbons (Fsp3) is 0.429. The molecule has 0 bridgehead atoms. The first-order valence-corrected chi connectivity index (χ1v) is 6.47. The highest BCUT2D eigenvalue weighted by Gasteiger charge is 2.17. The summed E-state index contributed by atoms with van der Waals surface area (Å²) in [4.78, 5) is 25.6. The lowest BCUT2D eigenvalue weighted by molar-refractivity contribution is 0.0636. The van der Waals surface area contributed by atoms with E-state index in [0.29, 0.717) is 16.3 Å². The van der Waals surface area contributed by atoms with Gasteiger partial charge in [0.1, 0.15) is 5.60 Å². The van der Waals surface area contributed by atoms with Gasteiger partial charge in [-0.1, -0.05) is 11.6 Å². The lowest BCUT2D eigenvalue weighted by atomic mass is 10.1. The van der Waals surface area contributed by atoms with Gasteiger partial charge in [-0.05, 0) is 51.5 Å². The Balaban J connectivity index is 2.90. The van der Waals surface area contributed by atoms with E-state index in [1.54, 1.807) is 45.9 Å². The Bertz CT molecular complexity index is 546. The number of carbonyl (C=O) groups excluding carboxylic acids is 2. The van der Waals surface area contributed by atoms with E-state index in [1.165, 1.54) is 6.08 Å². The molecule has 1 rings (SSSR count). The zero-order chi connectivity index (χ0) is 15.3. The summed E-state index contributed by atoms with van der Waals surface area (Å²) >= 11 is 6.04. The molecular weight excluding hydrogens is 280 g/mol. The minimum absolute atomic E-state index is 0.430. The summed E-state index contributed by atoms with van der Waals surface area (Å²) in [7, 11) is 0. The van der Waals surface area contributed by atoms with Crippen LogP contribution in [0.3, 0.4) is 0 Å². The summed E-state index contributed by atoms with van der Waals surface area (Å²) in [5.41, 5.74) is 0.573. The first-order chi connectivity index (χ1) is 9.23. The first-order valence-electron chi connectivity index (χ1n) is 6.09. The van der Waals surface area contributed by atoms with Gasteiger partial charge in [-0.2, -0.15) is 4.99 Å². The largest absolute Gasteiger partial charge is 0.444 e. The van der Waals surface area contributed by atoms with E-state index in [9.17, 15) is 9.59 Å². The van der Waals surface area contributed by atoms with E-state index in [0.717, 1.165) is 0 Å². The predicted molar refractivity (Wildman–Crippen MR) is 77.8 cm³/mol. The molecule has 0 spiro atoms. The Morgan fingerprint density at radius 1 is 1.45 bits per heavy atom. The van der Waals surface area contributed by atoms with Crippen molar-refractivity contribution in [1.82, 2.24) is 0 Å². The molecule has 0 aromatic heterocycles. The number of hydrogen-bond acceptors (Lipinski definition) is 4. The Labute approximate surface area is 123 Å². The number of amides is 1. The summed E-state index contributed by atoms with van der Waals surface area (Å²) in [5, 5.41) is 3.07. The molecule has 0 saturated carbocycles. The van der Waals surface area contributed by atoms with Crippen LogP contribution < -0.4 is 5.32 Å². The lowest BCUT2D eigenvalue weighted by Crippen LogP contribution is -2.27. The molecule has 6 heteroatoms. The number of isocyanates is 1. The van der Waals surface area contributed by atoms with Gasteiger partial charge in [-0.25, -0.2) is 9.59 Å². The molecular formula is C14H17ClN2O3. The maximum absolute atomic E-state index is 11.7. The molecule has 0 heterocycles. The quantitative estimate of drug-likeness (QED) is 0.675. The van der Waals surface area contributed by atoms with E-state index in [2.05, 4.69) is 10.3 Å². The van der Waals surface area contributed by atoms with Crippen LogP contribution in [0.4, 0.5) is 10.5 Å². The molecule has 0 saturated heterocycles. The summed E-state index contributed by atoms with van der Waals surface area (Å²) in [6, 6.07) is 4.49. The van der Waals surface area contributed by atoms with Crippen molar-refractivity contribution in [2.75, 3.05) is 5.32 Å². The number of anilines is 1. The maximum Gasteiger partial charge on any atom is 0.412 e. The van der Waals surface area contributed by atoms with Crippen LogP contribution in [0.5, 0.6) is 0 Å². The second-order valence-corrected chi connectivity index (χ2v) is 5.67. The van der Waals surface area contributed by atoms with Crippen molar-refractivity contribution in [2.24, 2.45) is 4.99 Å². The first kappa shape index (κ1) is 16.2. The van der Waals surface area contributed by atoms with Crippen LogP contribution in [0.1, 0.15) is 39.3 Å². The highest BCUT2D eigenvalue weighted by molar-refractivity contribution is 6.31. The normalized spacial score (nSPS) is 12.2. The fourth-order valence-electron chi connectivity index (χ4n) is 1.51. The molecule has 0 fully saturated rings. The number of rotatable bonds is 3. The van der Waals surface area contributed by atoms with Crippen LogP contribution in [-0.2, 0) is 9.53 Å². The zero-order valence-electron chi connectivity index (χ0n) is 11.9. The Morgan fingerprint density at radius 2 is 2.10 bits per heavy atom. The van der Waals surface area contributed by atoms with Crippen LogP contribution in [0.15, 0.2) is 23.2 Å². The second kappa shape index (κ2) is 6.55. The second-order valence-electron chi connectivity index (χ2n) is 5.26. The van der Waals surface area contributed by atoms with Crippen LogP contribution >= 0.6 is 11.6 Å². The van der Waals surface area contributed by atoms with Crippen LogP contribution in [-0.4, -0.2) is 17.8 Å². The van der Waals surface area contributed by atoms with Crippen LogP contribution in [0.25, 0.3) is 0 Å². The Hall–Kier alpha value is -1.84. The van der Waals surface area contributed by atoms with Crippen molar-refractivity contribution in [1.29, 1.82) is 0 Å². The average Bonchev–Trinajstić information content (AvgIpc) is 2.29. The van der Waals surface area contributed by atoms with Gasteiger partial charge in [0, 0.05) is 10.7 Å². The van der Waals surface area contributed by atoms with Gasteiger partial charge in [0.2, 0.25) is 6.08 Å². The standard InChI is InChI=1S/C14H17ClN2O3/c1-9(16-8-18)11-7-10(5-6-12(11)15)17-13(19)20-14(2,3)4/h5-7,9H,1-4H3,(H,17,19). The Morgan fingerprint density at radius 3 is 2.65 bits per heavy atom. The van der Waals surface area contributed by atoms with Gasteiger partial charge in [-0.3, -0.25) is 5.32 Å². The number of benzene rings is 1. The summed E-state index contributed by atoms with van der Waals surface area (Å²) in [5.74, 6) is 0. The molecule has 0 aliphatic heterocycles. The van der Waals surface area contributed by atoms with Gasteiger partial charge in [-0.15, -0.1) is 0 Å². The topological polar surface area (TPSA) is 67.8 Å². The minimum Gasteiger partial charge on any atom is -0.444 e. The lowest BCUT2D eigenvalue weighted by Gasteiger charge is -2.20. The van der Waals surface area contributed by atoms with E-state index >= 15 is 0 Å². The molecule has 1 N–H and O–H groups in total. The maximum atomic E-state index is 11.7. The molecule has 0 radical (unpaired) electrons. The zero-order valence-corrected chi connectivity index (χ0v) is 12.6. The number of nitrogens with one attached hydrogen (secondary N) is 1. The summed E-state index contributed by atoms with van der Waals surface area (Å²) in [6.45, 7) is 7.05. The van der Waals surface area contributed by atoms with Crippen molar-refractivity contribution in [3.63, 3.8) is 0 Å². The van der Waals surface area contributed by atoms with Crippen molar-refractivity contribution in [3.05, 3.63) is 28.8 Å². The van der Waals surface area contributed by atoms with Gasteiger partial charge < -0.3 is 4.74 Å². The molecule has 1 amide bonds. The number of halogens is 1. The summed E-state index contributed by atoms with van der Waals surface area (Å²) < 4.78 is 5.15. The van der Waals surface area contributed by atoms with Crippen molar-refractivity contribution >= 4 is 29.5 Å². The molecule has 1 unspecified atom stereocenters. The number of nitrogens with zero attached hydrogens (tertiary/aromatic N) is 1. The average molecular weight is 297 g/mol. The van der Waals surface area contributed by atoms with Gasteiger partial charge in [0.25, 0.3) is 0 Å². The summed E-state index contributed by atoms with van der Waals surface area (Å²) in [6.07, 6.45) is 0.931. The SMILES string of the molecule is CC(N=C=O)c1cc(NC(=O)OC(C)(C)C)ccc1Cl. The van der Waals surface area contributed by atoms with E-state index in [-0.39, 0.29) is 0 Å². The molecule has 20 heavy (non-hydrogen) atoms. The third-order valence-electron chi connectivity index (χ3n) is 2.34. The number of aliphatic imine (C=N–C) groups is 1. The van der Waals surface area contributed by atoms with Gasteiger partial charge in [0.05, 0.1) is 6.04 Å². The van der Waals surface area contributed by atoms with Crippen LogP contribution in [0.2, 0.25) is 5.02 Å². The van der Waals surface area contributed by atoms with Gasteiger partial charge in [0.15, 0.2) is 0 Å². The highest BCUT2D eigenvalue weighted by Crippen LogP contribution is 2.28. The van der Waals surface area contributed by atoms with Crippen molar-refractivity contribution in [3.8, 4) is 0 Å². The molecule has 108 valence electrons. The minimum atomic E-state index is -0.575. The third-order valence-corrected chi connectivity index (χ3v) is 2.68. The van der Waals surface area contributed by atoms with E-state index in [4.69, 9.17) is 16.3 Å². The number of hydrogen-bond donors (Lipinski definition) is 1. The molecule has 1 atom stereocenters. The molecule has 5 nitrogen and oxygen atoms in total. The molecule has 1 aromatic rings. The molecule has 0 aliphatic carbocycles. The smallest absolute Gasteiger partial charge is 0.412 e. The van der Waals surface area contributed by atoms with Crippen molar-refractivity contribution < 1.29 is 14.3 Å². The fourth-order valence-corrected chi connectivity index (χ4v) is 1.79. The Kier molecular flexibility index (Phi) is 5.31.